The van der Waals surface area contributed by atoms with Crippen LogP contribution in [0.2, 0.25) is 0 Å². The Kier molecular flexibility index (Phi) is 5.26. The Bertz CT molecular complexity index is 1020. The maximum Gasteiger partial charge on any atom is 0.274 e. The number of amides is 2. The maximum absolute atomic E-state index is 13.7. The fourth-order valence-corrected chi connectivity index (χ4v) is 2.49. The van der Waals surface area contributed by atoms with E-state index in [9.17, 15) is 14.0 Å². The minimum atomic E-state index is -0.596. The summed E-state index contributed by atoms with van der Waals surface area (Å²) in [5.74, 6) is -1.57. The van der Waals surface area contributed by atoms with Crippen molar-refractivity contribution in [3.05, 3.63) is 89.0 Å². The van der Waals surface area contributed by atoms with Crippen LogP contribution in [0.3, 0.4) is 0 Å². The highest BCUT2D eigenvalue weighted by atomic mass is 19.1. The topological polar surface area (TPSA) is 71.1 Å². The smallest absolute Gasteiger partial charge is 0.274 e. The minimum absolute atomic E-state index is 0.0202. The Balaban J connectivity index is 1.78. The summed E-state index contributed by atoms with van der Waals surface area (Å²) in [4.78, 5) is 28.9. The zero-order valence-corrected chi connectivity index (χ0v) is 14.9. The number of aromatic nitrogens is 1. The van der Waals surface area contributed by atoms with Gasteiger partial charge < -0.3 is 10.6 Å². The third-order valence-electron chi connectivity index (χ3n) is 3.98. The molecule has 2 N–H and O–H groups in total. The van der Waals surface area contributed by atoms with Crippen molar-refractivity contribution in [1.29, 1.82) is 0 Å². The average molecular weight is 363 g/mol. The lowest BCUT2D eigenvalue weighted by Crippen LogP contribution is -2.19. The van der Waals surface area contributed by atoms with Crippen molar-refractivity contribution in [2.45, 2.75) is 13.8 Å². The molecule has 136 valence electrons. The van der Waals surface area contributed by atoms with Crippen LogP contribution in [0.15, 0.2) is 60.7 Å². The minimum Gasteiger partial charge on any atom is -0.320 e. The zero-order valence-electron chi connectivity index (χ0n) is 14.9. The molecule has 0 saturated carbocycles. The van der Waals surface area contributed by atoms with Gasteiger partial charge in [0.2, 0.25) is 0 Å². The van der Waals surface area contributed by atoms with Crippen LogP contribution in [-0.4, -0.2) is 16.8 Å². The molecule has 0 spiro atoms. The normalized spacial score (nSPS) is 10.3. The molecule has 3 rings (SSSR count). The molecule has 5 nitrogen and oxygen atoms in total. The predicted molar refractivity (Wildman–Crippen MR) is 102 cm³/mol. The monoisotopic (exact) mass is 363 g/mol. The number of carbonyl (C=O) groups is 2. The van der Waals surface area contributed by atoms with Crippen molar-refractivity contribution in [2.75, 3.05) is 10.6 Å². The van der Waals surface area contributed by atoms with E-state index in [0.717, 1.165) is 11.1 Å². The van der Waals surface area contributed by atoms with Crippen LogP contribution in [0.5, 0.6) is 0 Å². The molecule has 1 heterocycles. The molecule has 3 aromatic rings. The highest BCUT2D eigenvalue weighted by Crippen LogP contribution is 2.18. The summed E-state index contributed by atoms with van der Waals surface area (Å²) in [5, 5.41) is 5.25. The van der Waals surface area contributed by atoms with E-state index in [1.807, 2.05) is 32.0 Å². The third kappa shape index (κ3) is 4.36. The summed E-state index contributed by atoms with van der Waals surface area (Å²) >= 11 is 0. The van der Waals surface area contributed by atoms with Crippen molar-refractivity contribution in [2.24, 2.45) is 0 Å². The van der Waals surface area contributed by atoms with Crippen molar-refractivity contribution >= 4 is 23.2 Å². The molecular formula is C21H18FN3O2. The van der Waals surface area contributed by atoms with Gasteiger partial charge in [-0.2, -0.15) is 0 Å². The lowest BCUT2D eigenvalue weighted by molar-refractivity contribution is 0.101. The Morgan fingerprint density at radius 2 is 1.44 bits per heavy atom. The van der Waals surface area contributed by atoms with Crippen molar-refractivity contribution in [3.63, 3.8) is 0 Å². The van der Waals surface area contributed by atoms with Crippen LogP contribution < -0.4 is 10.6 Å². The van der Waals surface area contributed by atoms with E-state index in [-0.39, 0.29) is 17.1 Å². The average Bonchev–Trinajstić information content (AvgIpc) is 2.66. The number of halogens is 1. The van der Waals surface area contributed by atoms with Crippen LogP contribution in [0.1, 0.15) is 32.1 Å². The highest BCUT2D eigenvalue weighted by molar-refractivity contribution is 6.06. The van der Waals surface area contributed by atoms with E-state index in [4.69, 9.17) is 0 Å². The predicted octanol–water partition coefficient (Wildman–Crippen LogP) is 4.34. The first-order valence-electron chi connectivity index (χ1n) is 8.35. The first kappa shape index (κ1) is 18.3. The fourth-order valence-electron chi connectivity index (χ4n) is 2.49. The molecular weight excluding hydrogens is 345 g/mol. The number of nitrogens with one attached hydrogen (secondary N) is 2. The van der Waals surface area contributed by atoms with Crippen molar-refractivity contribution in [1.82, 2.24) is 4.98 Å². The fraction of sp³-hybridized carbons (Fsp3) is 0.0952. The number of hydrogen-bond donors (Lipinski definition) is 2. The van der Waals surface area contributed by atoms with Gasteiger partial charge in [-0.05, 0) is 55.3 Å². The van der Waals surface area contributed by atoms with Crippen LogP contribution in [0, 0.1) is 19.7 Å². The van der Waals surface area contributed by atoms with E-state index in [1.165, 1.54) is 30.3 Å². The number of pyridine rings is 1. The summed E-state index contributed by atoms with van der Waals surface area (Å²) in [6.07, 6.45) is 0. The van der Waals surface area contributed by atoms with Crippen molar-refractivity contribution in [3.8, 4) is 0 Å². The van der Waals surface area contributed by atoms with Gasteiger partial charge >= 0.3 is 0 Å². The largest absolute Gasteiger partial charge is 0.320 e. The molecule has 0 aliphatic carbocycles. The summed E-state index contributed by atoms with van der Waals surface area (Å²) in [5.41, 5.74) is 2.78. The number of benzene rings is 2. The molecule has 0 fully saturated rings. The molecule has 2 aromatic carbocycles. The Morgan fingerprint density at radius 1 is 0.815 bits per heavy atom. The van der Waals surface area contributed by atoms with E-state index < -0.39 is 17.6 Å². The second kappa shape index (κ2) is 7.78. The van der Waals surface area contributed by atoms with Crippen LogP contribution in [0.4, 0.5) is 15.8 Å². The molecule has 0 saturated heterocycles. The Labute approximate surface area is 156 Å². The standard InChI is InChI=1S/C21H18FN3O2/c1-13-10-11-14(2)19(12-13)25-21(27)18-9-5-8-17(23-18)20(26)24-16-7-4-3-6-15(16)22/h3-12H,1-2H3,(H,24,26)(H,25,27). The van der Waals surface area contributed by atoms with Gasteiger partial charge in [0.05, 0.1) is 5.69 Å². The van der Waals surface area contributed by atoms with Crippen molar-refractivity contribution < 1.29 is 14.0 Å². The number of anilines is 2. The van der Waals surface area contributed by atoms with Gasteiger partial charge in [0.25, 0.3) is 11.8 Å². The first-order chi connectivity index (χ1) is 12.9. The molecule has 0 aliphatic heterocycles. The molecule has 2 amide bonds. The highest BCUT2D eigenvalue weighted by Gasteiger charge is 2.14. The summed E-state index contributed by atoms with van der Waals surface area (Å²) in [6.45, 7) is 3.82. The molecule has 0 atom stereocenters. The molecule has 6 heteroatoms. The lowest BCUT2D eigenvalue weighted by Gasteiger charge is -2.10. The third-order valence-corrected chi connectivity index (χ3v) is 3.98. The van der Waals surface area contributed by atoms with E-state index in [0.29, 0.717) is 5.69 Å². The van der Waals surface area contributed by atoms with Gasteiger partial charge in [0.15, 0.2) is 0 Å². The second-order valence-electron chi connectivity index (χ2n) is 6.11. The van der Waals surface area contributed by atoms with Gasteiger partial charge in [-0.15, -0.1) is 0 Å². The van der Waals surface area contributed by atoms with Gasteiger partial charge in [-0.25, -0.2) is 9.37 Å². The Hall–Kier alpha value is -3.54. The quantitative estimate of drug-likeness (QED) is 0.724. The summed E-state index contributed by atoms with van der Waals surface area (Å²) in [7, 11) is 0. The number of aryl methyl sites for hydroxylation is 2. The zero-order chi connectivity index (χ0) is 19.4. The molecule has 0 bridgehead atoms. The lowest BCUT2D eigenvalue weighted by atomic mass is 10.1. The molecule has 27 heavy (non-hydrogen) atoms. The number of para-hydroxylation sites is 1. The SMILES string of the molecule is Cc1ccc(C)c(NC(=O)c2cccc(C(=O)Nc3ccccc3F)n2)c1. The molecule has 0 unspecified atom stereocenters. The van der Waals surface area contributed by atoms with Gasteiger partial charge in [0.1, 0.15) is 17.2 Å². The van der Waals surface area contributed by atoms with Gasteiger partial charge in [0, 0.05) is 5.69 Å². The first-order valence-corrected chi connectivity index (χ1v) is 8.35. The number of carbonyl (C=O) groups excluding carboxylic acids is 2. The van der Waals surface area contributed by atoms with Gasteiger partial charge in [-0.1, -0.05) is 30.3 Å². The van der Waals surface area contributed by atoms with E-state index in [2.05, 4.69) is 15.6 Å². The summed E-state index contributed by atoms with van der Waals surface area (Å²) in [6, 6.07) is 16.1. The van der Waals surface area contributed by atoms with E-state index >= 15 is 0 Å². The van der Waals surface area contributed by atoms with Gasteiger partial charge in [-0.3, -0.25) is 9.59 Å². The van der Waals surface area contributed by atoms with Crippen LogP contribution in [-0.2, 0) is 0 Å². The Morgan fingerprint density at radius 3 is 2.11 bits per heavy atom. The maximum atomic E-state index is 13.7. The summed E-state index contributed by atoms with van der Waals surface area (Å²) < 4.78 is 13.7. The van der Waals surface area contributed by atoms with Crippen LogP contribution >= 0.6 is 0 Å². The molecule has 1 aromatic heterocycles. The molecule has 0 radical (unpaired) electrons. The number of rotatable bonds is 4. The van der Waals surface area contributed by atoms with E-state index in [1.54, 1.807) is 12.1 Å². The number of hydrogen-bond acceptors (Lipinski definition) is 3. The number of nitrogens with zero attached hydrogens (tertiary/aromatic N) is 1. The molecule has 0 aliphatic rings. The van der Waals surface area contributed by atoms with Crippen LogP contribution in [0.25, 0.3) is 0 Å². The second-order valence-corrected chi connectivity index (χ2v) is 6.11.